The number of hydrogen-bond acceptors (Lipinski definition) is 4. The molecule has 0 bridgehead atoms. The van der Waals surface area contributed by atoms with E-state index in [-0.39, 0.29) is 6.54 Å². The summed E-state index contributed by atoms with van der Waals surface area (Å²) in [6.07, 6.45) is 0. The molecule has 5 heteroatoms. The Morgan fingerprint density at radius 2 is 2.11 bits per heavy atom. The van der Waals surface area contributed by atoms with Crippen molar-refractivity contribution in [2.75, 3.05) is 7.11 Å². The van der Waals surface area contributed by atoms with E-state index in [0.717, 1.165) is 5.39 Å². The molecule has 0 spiro atoms. The molecular formula is C14H14N2O3. The van der Waals surface area contributed by atoms with Gasteiger partial charge in [-0.2, -0.15) is 4.98 Å². The molecule has 0 amide bonds. The number of para-hydroxylation sites is 1. The van der Waals surface area contributed by atoms with Gasteiger partial charge in [-0.15, -0.1) is 0 Å². The molecule has 0 N–H and O–H groups in total. The summed E-state index contributed by atoms with van der Waals surface area (Å²) >= 11 is 0. The summed E-state index contributed by atoms with van der Waals surface area (Å²) in [5.41, 5.74) is 1.42. The van der Waals surface area contributed by atoms with Crippen molar-refractivity contribution in [2.45, 2.75) is 13.5 Å². The van der Waals surface area contributed by atoms with Crippen LogP contribution in [0.5, 0.6) is 0 Å². The summed E-state index contributed by atoms with van der Waals surface area (Å²) in [7, 11) is 1.28. The minimum atomic E-state index is -0.489. The maximum absolute atomic E-state index is 12.0. The first-order chi connectivity index (χ1) is 9.04. The third-order valence-corrected chi connectivity index (χ3v) is 2.81. The van der Waals surface area contributed by atoms with Gasteiger partial charge in [0.25, 0.3) is 0 Å². The van der Waals surface area contributed by atoms with Crippen LogP contribution in [0, 0.1) is 0 Å². The molecule has 1 aromatic heterocycles. The second kappa shape index (κ2) is 5.06. The number of carbonyl (C=O) groups is 1. The first-order valence-corrected chi connectivity index (χ1v) is 5.77. The highest BCUT2D eigenvalue weighted by atomic mass is 16.5. The van der Waals surface area contributed by atoms with Gasteiger partial charge >= 0.3 is 11.7 Å². The minimum Gasteiger partial charge on any atom is -0.468 e. The lowest BCUT2D eigenvalue weighted by molar-refractivity contribution is -0.141. The molecule has 2 aromatic rings. The maximum Gasteiger partial charge on any atom is 0.349 e. The zero-order chi connectivity index (χ0) is 14.0. The van der Waals surface area contributed by atoms with Gasteiger partial charge in [0.15, 0.2) is 0 Å². The average molecular weight is 258 g/mol. The second-order valence-corrected chi connectivity index (χ2v) is 4.20. The van der Waals surface area contributed by atoms with E-state index >= 15 is 0 Å². The number of fused-ring (bicyclic) bond motifs is 1. The number of aromatic nitrogens is 2. The number of benzene rings is 1. The van der Waals surface area contributed by atoms with Crippen molar-refractivity contribution in [3.05, 3.63) is 47.0 Å². The Kier molecular flexibility index (Phi) is 3.46. The van der Waals surface area contributed by atoms with Crippen molar-refractivity contribution in [3.8, 4) is 0 Å². The monoisotopic (exact) mass is 258 g/mol. The molecule has 0 fully saturated rings. The van der Waals surface area contributed by atoms with Gasteiger partial charge in [-0.1, -0.05) is 24.8 Å². The topological polar surface area (TPSA) is 61.2 Å². The molecule has 5 nitrogen and oxygen atoms in total. The Morgan fingerprint density at radius 1 is 1.42 bits per heavy atom. The molecule has 1 aromatic carbocycles. The zero-order valence-electron chi connectivity index (χ0n) is 10.8. The largest absolute Gasteiger partial charge is 0.468 e. The highest BCUT2D eigenvalue weighted by Gasteiger charge is 2.13. The van der Waals surface area contributed by atoms with Gasteiger partial charge in [0.05, 0.1) is 18.3 Å². The normalized spacial score (nSPS) is 10.4. The van der Waals surface area contributed by atoms with Crippen molar-refractivity contribution < 1.29 is 9.53 Å². The van der Waals surface area contributed by atoms with Gasteiger partial charge in [0.2, 0.25) is 0 Å². The average Bonchev–Trinajstić information content (AvgIpc) is 2.41. The number of carbonyl (C=O) groups excluding carboxylic acids is 1. The fourth-order valence-corrected chi connectivity index (χ4v) is 1.90. The van der Waals surface area contributed by atoms with E-state index in [9.17, 15) is 9.59 Å². The van der Waals surface area contributed by atoms with Gasteiger partial charge in [0, 0.05) is 5.39 Å². The summed E-state index contributed by atoms with van der Waals surface area (Å²) in [5, 5.41) is 0.790. The van der Waals surface area contributed by atoms with E-state index in [1.165, 1.54) is 11.7 Å². The quantitative estimate of drug-likeness (QED) is 0.785. The third kappa shape index (κ3) is 2.40. The molecule has 0 unspecified atom stereocenters. The van der Waals surface area contributed by atoms with Crippen LogP contribution < -0.4 is 5.69 Å². The van der Waals surface area contributed by atoms with Gasteiger partial charge in [-0.05, 0) is 18.6 Å². The molecule has 0 atom stereocenters. The van der Waals surface area contributed by atoms with Crippen LogP contribution in [0.4, 0.5) is 0 Å². The molecule has 0 radical (unpaired) electrons. The standard InChI is InChI=1S/C14H14N2O3/c1-9(2)13-10-6-4-5-7-11(10)16(14(18)15-13)8-12(17)19-3/h4-7H,1,8H2,2-3H3. The molecule has 0 saturated carbocycles. The van der Waals surface area contributed by atoms with Crippen molar-refractivity contribution in [2.24, 2.45) is 0 Å². The Hall–Kier alpha value is -2.43. The molecule has 0 aliphatic carbocycles. The molecular weight excluding hydrogens is 244 g/mol. The fourth-order valence-electron chi connectivity index (χ4n) is 1.90. The van der Waals surface area contributed by atoms with Crippen LogP contribution >= 0.6 is 0 Å². The predicted molar refractivity (Wildman–Crippen MR) is 72.7 cm³/mol. The van der Waals surface area contributed by atoms with Gasteiger partial charge in [-0.25, -0.2) is 4.79 Å². The van der Waals surface area contributed by atoms with Crippen molar-refractivity contribution in [1.29, 1.82) is 0 Å². The Bertz CT molecular complexity index is 716. The Balaban J connectivity index is 2.76. The summed E-state index contributed by atoms with van der Waals surface area (Å²) in [6, 6.07) is 7.27. The molecule has 0 aliphatic rings. The lowest BCUT2D eigenvalue weighted by Crippen LogP contribution is -2.28. The highest BCUT2D eigenvalue weighted by Crippen LogP contribution is 2.20. The van der Waals surface area contributed by atoms with Crippen LogP contribution in [0.2, 0.25) is 0 Å². The first-order valence-electron chi connectivity index (χ1n) is 5.77. The van der Waals surface area contributed by atoms with Crippen molar-refractivity contribution >= 4 is 22.4 Å². The van der Waals surface area contributed by atoms with Crippen LogP contribution in [-0.2, 0) is 16.1 Å². The lowest BCUT2D eigenvalue weighted by Gasteiger charge is -2.11. The molecule has 98 valence electrons. The zero-order valence-corrected chi connectivity index (χ0v) is 10.8. The SMILES string of the molecule is C=C(C)c1nc(=O)n(CC(=O)OC)c2ccccc12. The summed E-state index contributed by atoms with van der Waals surface area (Å²) in [4.78, 5) is 27.4. The lowest BCUT2D eigenvalue weighted by atomic mass is 10.1. The van der Waals surface area contributed by atoms with Crippen LogP contribution in [0.3, 0.4) is 0 Å². The van der Waals surface area contributed by atoms with E-state index in [1.807, 2.05) is 12.1 Å². The smallest absolute Gasteiger partial charge is 0.349 e. The molecule has 0 saturated heterocycles. The van der Waals surface area contributed by atoms with E-state index in [0.29, 0.717) is 16.8 Å². The Morgan fingerprint density at radius 3 is 2.74 bits per heavy atom. The van der Waals surface area contributed by atoms with Crippen LogP contribution in [0.15, 0.2) is 35.6 Å². The van der Waals surface area contributed by atoms with Gasteiger partial charge in [-0.3, -0.25) is 9.36 Å². The number of rotatable bonds is 3. The number of allylic oxidation sites excluding steroid dienone is 1. The second-order valence-electron chi connectivity index (χ2n) is 4.20. The third-order valence-electron chi connectivity index (χ3n) is 2.81. The minimum absolute atomic E-state index is 0.153. The maximum atomic E-state index is 12.0. The fraction of sp³-hybridized carbons (Fsp3) is 0.214. The molecule has 1 heterocycles. The highest BCUT2D eigenvalue weighted by molar-refractivity contribution is 5.89. The molecule has 19 heavy (non-hydrogen) atoms. The molecule has 0 aliphatic heterocycles. The Labute approximate surface area is 110 Å². The molecule has 2 rings (SSSR count). The number of methoxy groups -OCH3 is 1. The predicted octanol–water partition coefficient (Wildman–Crippen LogP) is 1.60. The van der Waals surface area contributed by atoms with Crippen LogP contribution in [0.25, 0.3) is 16.5 Å². The number of esters is 1. The number of nitrogens with zero attached hydrogens (tertiary/aromatic N) is 2. The van der Waals surface area contributed by atoms with Gasteiger partial charge in [0.1, 0.15) is 6.54 Å². The number of hydrogen-bond donors (Lipinski definition) is 0. The number of ether oxygens (including phenoxy) is 1. The van der Waals surface area contributed by atoms with Crippen molar-refractivity contribution in [3.63, 3.8) is 0 Å². The van der Waals surface area contributed by atoms with E-state index in [1.54, 1.807) is 19.1 Å². The van der Waals surface area contributed by atoms with Gasteiger partial charge < -0.3 is 4.74 Å². The van der Waals surface area contributed by atoms with Crippen LogP contribution in [-0.4, -0.2) is 22.6 Å². The summed E-state index contributed by atoms with van der Waals surface area (Å²) in [5.74, 6) is -0.489. The first kappa shape index (κ1) is 13.0. The van der Waals surface area contributed by atoms with E-state index < -0.39 is 11.7 Å². The van der Waals surface area contributed by atoms with E-state index in [4.69, 9.17) is 0 Å². The van der Waals surface area contributed by atoms with E-state index in [2.05, 4.69) is 16.3 Å². The summed E-state index contributed by atoms with van der Waals surface area (Å²) in [6.45, 7) is 5.46. The summed E-state index contributed by atoms with van der Waals surface area (Å²) < 4.78 is 5.89. The van der Waals surface area contributed by atoms with Crippen molar-refractivity contribution in [1.82, 2.24) is 9.55 Å². The van der Waals surface area contributed by atoms with Crippen LogP contribution in [0.1, 0.15) is 12.6 Å².